The molecular formula is C19H20ClN3O2. The summed E-state index contributed by atoms with van der Waals surface area (Å²) >= 11 is 6.35. The highest BCUT2D eigenvalue weighted by molar-refractivity contribution is 6.34. The molecule has 2 heterocycles. The molecular weight excluding hydrogens is 338 g/mol. The lowest BCUT2D eigenvalue weighted by Gasteiger charge is -2.21. The van der Waals surface area contributed by atoms with Crippen molar-refractivity contribution in [2.24, 2.45) is 5.92 Å². The van der Waals surface area contributed by atoms with Gasteiger partial charge in [-0.3, -0.25) is 14.6 Å². The Morgan fingerprint density at radius 1 is 1.40 bits per heavy atom. The van der Waals surface area contributed by atoms with Gasteiger partial charge in [0.05, 0.1) is 16.6 Å². The zero-order valence-electron chi connectivity index (χ0n) is 14.3. The normalized spacial score (nSPS) is 17.0. The number of hydrogen-bond acceptors (Lipinski definition) is 3. The van der Waals surface area contributed by atoms with Crippen LogP contribution in [0.2, 0.25) is 5.02 Å². The van der Waals surface area contributed by atoms with E-state index in [1.165, 1.54) is 0 Å². The van der Waals surface area contributed by atoms with Gasteiger partial charge in [-0.2, -0.15) is 0 Å². The van der Waals surface area contributed by atoms with Gasteiger partial charge in [-0.1, -0.05) is 23.7 Å². The third-order valence-corrected chi connectivity index (χ3v) is 4.64. The van der Waals surface area contributed by atoms with Crippen LogP contribution in [0.15, 0.2) is 36.7 Å². The standard InChI is InChI=1S/C19H20ClN3O2/c1-12-6-13(2)18(16(20)7-12)23-11-15(8-17(23)24)19(25)22-10-14-4-3-5-21-9-14/h3-7,9,15H,8,10-11H2,1-2H3,(H,22,25). The first-order valence-electron chi connectivity index (χ1n) is 8.19. The van der Waals surface area contributed by atoms with Crippen molar-refractivity contribution < 1.29 is 9.59 Å². The molecule has 1 atom stereocenters. The number of aryl methyl sites for hydroxylation is 2. The highest BCUT2D eigenvalue weighted by atomic mass is 35.5. The van der Waals surface area contributed by atoms with Gasteiger partial charge in [0.2, 0.25) is 11.8 Å². The number of anilines is 1. The Balaban J connectivity index is 1.69. The van der Waals surface area contributed by atoms with Crippen LogP contribution in [-0.2, 0) is 16.1 Å². The topological polar surface area (TPSA) is 62.3 Å². The number of halogens is 1. The molecule has 6 heteroatoms. The van der Waals surface area contributed by atoms with Gasteiger partial charge < -0.3 is 10.2 Å². The number of carbonyl (C=O) groups excluding carboxylic acids is 2. The van der Waals surface area contributed by atoms with Crippen LogP contribution in [-0.4, -0.2) is 23.3 Å². The molecule has 3 rings (SSSR count). The molecule has 130 valence electrons. The van der Waals surface area contributed by atoms with Crippen molar-refractivity contribution in [1.82, 2.24) is 10.3 Å². The number of benzene rings is 1. The lowest BCUT2D eigenvalue weighted by Crippen LogP contribution is -2.32. The van der Waals surface area contributed by atoms with Crippen molar-refractivity contribution in [3.05, 3.63) is 58.4 Å². The maximum Gasteiger partial charge on any atom is 0.227 e. The average Bonchev–Trinajstić information content (AvgIpc) is 2.94. The van der Waals surface area contributed by atoms with Gasteiger partial charge in [0.1, 0.15) is 0 Å². The fraction of sp³-hybridized carbons (Fsp3) is 0.316. The Hall–Kier alpha value is -2.40. The first-order chi connectivity index (χ1) is 12.0. The smallest absolute Gasteiger partial charge is 0.227 e. The Morgan fingerprint density at radius 3 is 2.88 bits per heavy atom. The number of carbonyl (C=O) groups is 2. The molecule has 0 spiro atoms. The molecule has 0 saturated carbocycles. The minimum absolute atomic E-state index is 0.0737. The highest BCUT2D eigenvalue weighted by Gasteiger charge is 2.36. The van der Waals surface area contributed by atoms with Crippen LogP contribution in [0, 0.1) is 19.8 Å². The maximum atomic E-state index is 12.4. The predicted molar refractivity (Wildman–Crippen MR) is 97.5 cm³/mol. The fourth-order valence-electron chi connectivity index (χ4n) is 3.19. The molecule has 1 unspecified atom stereocenters. The third kappa shape index (κ3) is 3.82. The van der Waals surface area contributed by atoms with E-state index in [4.69, 9.17) is 11.6 Å². The first kappa shape index (κ1) is 17.4. The summed E-state index contributed by atoms with van der Waals surface area (Å²) in [6, 6.07) is 7.55. The monoisotopic (exact) mass is 357 g/mol. The molecule has 2 aromatic rings. The molecule has 2 amide bonds. The highest BCUT2D eigenvalue weighted by Crippen LogP contribution is 2.35. The van der Waals surface area contributed by atoms with Gasteiger partial charge in [0.25, 0.3) is 0 Å². The minimum atomic E-state index is -0.374. The van der Waals surface area contributed by atoms with Gasteiger partial charge >= 0.3 is 0 Å². The Kier molecular flexibility index (Phi) is 5.04. The second-order valence-electron chi connectivity index (χ2n) is 6.40. The van der Waals surface area contributed by atoms with Crippen molar-refractivity contribution in [2.45, 2.75) is 26.8 Å². The van der Waals surface area contributed by atoms with Gasteiger partial charge in [0, 0.05) is 31.9 Å². The van der Waals surface area contributed by atoms with Crippen molar-refractivity contribution in [3.63, 3.8) is 0 Å². The average molecular weight is 358 g/mol. The molecule has 25 heavy (non-hydrogen) atoms. The minimum Gasteiger partial charge on any atom is -0.352 e. The zero-order chi connectivity index (χ0) is 18.0. The fourth-order valence-corrected chi connectivity index (χ4v) is 3.61. The number of nitrogens with one attached hydrogen (secondary N) is 1. The summed E-state index contributed by atoms with van der Waals surface area (Å²) < 4.78 is 0. The van der Waals surface area contributed by atoms with Crippen LogP contribution >= 0.6 is 11.6 Å². The summed E-state index contributed by atoms with van der Waals surface area (Å²) in [5.41, 5.74) is 3.62. The molecule has 1 aromatic carbocycles. The summed E-state index contributed by atoms with van der Waals surface area (Å²) in [5, 5.41) is 3.42. The number of aromatic nitrogens is 1. The summed E-state index contributed by atoms with van der Waals surface area (Å²) in [7, 11) is 0. The third-order valence-electron chi connectivity index (χ3n) is 4.35. The second kappa shape index (κ2) is 7.23. The van der Waals surface area contributed by atoms with E-state index in [2.05, 4.69) is 10.3 Å². The molecule has 0 bridgehead atoms. The number of pyridine rings is 1. The molecule has 5 nitrogen and oxygen atoms in total. The number of nitrogens with zero attached hydrogens (tertiary/aromatic N) is 2. The first-order valence-corrected chi connectivity index (χ1v) is 8.57. The van der Waals surface area contributed by atoms with Crippen molar-refractivity contribution in [1.29, 1.82) is 0 Å². The molecule has 0 radical (unpaired) electrons. The lowest BCUT2D eigenvalue weighted by atomic mass is 10.1. The van der Waals surface area contributed by atoms with E-state index in [9.17, 15) is 9.59 Å². The van der Waals surface area contributed by atoms with Crippen LogP contribution in [0.1, 0.15) is 23.1 Å². The summed E-state index contributed by atoms with van der Waals surface area (Å²) in [6.45, 7) is 4.64. The van der Waals surface area contributed by atoms with Gasteiger partial charge in [0.15, 0.2) is 0 Å². The van der Waals surface area contributed by atoms with Crippen molar-refractivity contribution >= 4 is 29.1 Å². The zero-order valence-corrected chi connectivity index (χ0v) is 15.0. The SMILES string of the molecule is Cc1cc(C)c(N2CC(C(=O)NCc3cccnc3)CC2=O)c(Cl)c1. The molecule has 1 fully saturated rings. The van der Waals surface area contributed by atoms with Gasteiger partial charge in [-0.25, -0.2) is 0 Å². The quantitative estimate of drug-likeness (QED) is 0.914. The van der Waals surface area contributed by atoms with Gasteiger partial charge in [-0.15, -0.1) is 0 Å². The predicted octanol–water partition coefficient (Wildman–Crippen LogP) is 3.02. The summed E-state index contributed by atoms with van der Waals surface area (Å²) in [6.07, 6.45) is 3.59. The van der Waals surface area contributed by atoms with E-state index < -0.39 is 0 Å². The lowest BCUT2D eigenvalue weighted by molar-refractivity contribution is -0.126. The van der Waals surface area contributed by atoms with E-state index in [0.717, 1.165) is 16.7 Å². The molecule has 1 aliphatic heterocycles. The van der Waals surface area contributed by atoms with E-state index in [1.54, 1.807) is 17.3 Å². The Bertz CT molecular complexity index is 785. The number of rotatable bonds is 4. The van der Waals surface area contributed by atoms with Crippen molar-refractivity contribution in [2.75, 3.05) is 11.4 Å². The van der Waals surface area contributed by atoms with E-state index >= 15 is 0 Å². The van der Waals surface area contributed by atoms with Crippen molar-refractivity contribution in [3.8, 4) is 0 Å². The Morgan fingerprint density at radius 2 is 2.20 bits per heavy atom. The second-order valence-corrected chi connectivity index (χ2v) is 6.80. The van der Waals surface area contributed by atoms with E-state index in [1.807, 2.05) is 38.1 Å². The van der Waals surface area contributed by atoms with Crippen LogP contribution in [0.4, 0.5) is 5.69 Å². The van der Waals surface area contributed by atoms with Gasteiger partial charge in [-0.05, 0) is 42.7 Å². The number of amides is 2. The largest absolute Gasteiger partial charge is 0.352 e. The maximum absolute atomic E-state index is 12.4. The molecule has 0 aliphatic carbocycles. The summed E-state index contributed by atoms with van der Waals surface area (Å²) in [5.74, 6) is -0.572. The van der Waals surface area contributed by atoms with Crippen LogP contribution in [0.25, 0.3) is 0 Å². The summed E-state index contributed by atoms with van der Waals surface area (Å²) in [4.78, 5) is 30.5. The Labute approximate surface area is 152 Å². The van der Waals surface area contributed by atoms with E-state index in [-0.39, 0.29) is 24.2 Å². The molecule has 1 N–H and O–H groups in total. The van der Waals surface area contributed by atoms with Crippen LogP contribution < -0.4 is 10.2 Å². The van der Waals surface area contributed by atoms with Crippen LogP contribution in [0.3, 0.4) is 0 Å². The molecule has 1 aromatic heterocycles. The molecule has 1 aliphatic rings. The molecule has 1 saturated heterocycles. The van der Waals surface area contributed by atoms with Crippen LogP contribution in [0.5, 0.6) is 0 Å². The van der Waals surface area contributed by atoms with E-state index in [0.29, 0.717) is 23.8 Å². The number of hydrogen-bond donors (Lipinski definition) is 1.